The van der Waals surface area contributed by atoms with E-state index in [0.29, 0.717) is 5.75 Å². The van der Waals surface area contributed by atoms with Crippen LogP contribution in [0.25, 0.3) is 0 Å². The maximum Gasteiger partial charge on any atom is 0.164 e. The maximum atomic E-state index is 11.7. The number of methoxy groups -OCH3 is 1. The number of phenols is 1. The van der Waals surface area contributed by atoms with Gasteiger partial charge in [0.1, 0.15) is 0 Å². The third kappa shape index (κ3) is 1.55. The van der Waals surface area contributed by atoms with Crippen LogP contribution >= 0.6 is 0 Å². The number of rotatable bonds is 1. The van der Waals surface area contributed by atoms with E-state index in [9.17, 15) is 10.2 Å². The van der Waals surface area contributed by atoms with Crippen molar-refractivity contribution in [1.29, 1.82) is 0 Å². The molecule has 1 saturated heterocycles. The van der Waals surface area contributed by atoms with Gasteiger partial charge in [-0.05, 0) is 50.9 Å². The molecular weight excluding hydrogens is 278 g/mol. The van der Waals surface area contributed by atoms with E-state index >= 15 is 0 Å². The summed E-state index contributed by atoms with van der Waals surface area (Å²) in [4.78, 5) is 2.33. The van der Waals surface area contributed by atoms with Crippen molar-refractivity contribution < 1.29 is 14.9 Å². The van der Waals surface area contributed by atoms with Gasteiger partial charge in [-0.1, -0.05) is 18.9 Å². The van der Waals surface area contributed by atoms with Crippen LogP contribution in [0.5, 0.6) is 11.5 Å². The van der Waals surface area contributed by atoms with Crippen LogP contribution in [0.4, 0.5) is 0 Å². The second-order valence-electron chi connectivity index (χ2n) is 7.32. The van der Waals surface area contributed by atoms with Gasteiger partial charge in [-0.2, -0.15) is 0 Å². The Balaban J connectivity index is 2.01. The van der Waals surface area contributed by atoms with Gasteiger partial charge in [0.25, 0.3) is 0 Å². The molecule has 2 N–H and O–H groups in total. The molecule has 120 valence electrons. The van der Waals surface area contributed by atoms with E-state index in [1.54, 1.807) is 13.2 Å². The summed E-state index contributed by atoms with van der Waals surface area (Å²) in [6.45, 7) is 0.991. The van der Waals surface area contributed by atoms with E-state index in [-0.39, 0.29) is 17.2 Å². The van der Waals surface area contributed by atoms with Gasteiger partial charge in [0, 0.05) is 17.0 Å². The van der Waals surface area contributed by atoms with Crippen LogP contribution in [0.15, 0.2) is 12.1 Å². The number of benzene rings is 1. The van der Waals surface area contributed by atoms with Gasteiger partial charge < -0.3 is 19.8 Å². The van der Waals surface area contributed by atoms with Gasteiger partial charge in [-0.3, -0.25) is 0 Å². The Labute approximate surface area is 131 Å². The molecule has 0 unspecified atom stereocenters. The normalized spacial score (nSPS) is 37.3. The minimum absolute atomic E-state index is 0.170. The topological polar surface area (TPSA) is 52.9 Å². The van der Waals surface area contributed by atoms with Crippen molar-refractivity contribution in [2.24, 2.45) is 0 Å². The third-order valence-electron chi connectivity index (χ3n) is 6.53. The predicted molar refractivity (Wildman–Crippen MR) is 84.5 cm³/mol. The van der Waals surface area contributed by atoms with Crippen molar-refractivity contribution in [1.82, 2.24) is 4.90 Å². The van der Waals surface area contributed by atoms with Gasteiger partial charge in [0.2, 0.25) is 0 Å². The number of aliphatic hydroxyl groups is 1. The monoisotopic (exact) mass is 303 g/mol. The van der Waals surface area contributed by atoms with Crippen LogP contribution in [0.2, 0.25) is 0 Å². The molecule has 1 heterocycles. The fraction of sp³-hybridized carbons (Fsp3) is 0.667. The molecule has 1 aromatic rings. The first-order valence-electron chi connectivity index (χ1n) is 8.35. The Bertz CT molecular complexity index is 617. The van der Waals surface area contributed by atoms with Crippen molar-refractivity contribution in [2.45, 2.75) is 55.6 Å². The Morgan fingerprint density at radius 2 is 2.00 bits per heavy atom. The Morgan fingerprint density at radius 1 is 1.23 bits per heavy atom. The molecule has 0 spiro atoms. The van der Waals surface area contributed by atoms with Crippen LogP contribution < -0.4 is 4.74 Å². The van der Waals surface area contributed by atoms with E-state index in [4.69, 9.17) is 4.74 Å². The molecule has 3 aliphatic rings. The molecule has 2 bridgehead atoms. The zero-order chi connectivity index (χ0) is 15.5. The zero-order valence-corrected chi connectivity index (χ0v) is 13.4. The lowest BCUT2D eigenvalue weighted by molar-refractivity contribution is -0.161. The summed E-state index contributed by atoms with van der Waals surface area (Å²) in [5.41, 5.74) is 1.35. The summed E-state index contributed by atoms with van der Waals surface area (Å²) in [6.07, 6.45) is 5.82. The van der Waals surface area contributed by atoms with E-state index in [0.717, 1.165) is 50.6 Å². The number of fused-ring (bicyclic) bond motifs is 1. The second kappa shape index (κ2) is 4.62. The van der Waals surface area contributed by atoms with Crippen LogP contribution in [0.1, 0.15) is 43.2 Å². The molecule has 4 rings (SSSR count). The van der Waals surface area contributed by atoms with Crippen LogP contribution in [0, 0.1) is 0 Å². The molecule has 1 aromatic carbocycles. The molecule has 2 fully saturated rings. The number of piperidine rings is 1. The minimum atomic E-state index is -0.702. The highest BCUT2D eigenvalue weighted by Crippen LogP contribution is 2.60. The fourth-order valence-corrected chi connectivity index (χ4v) is 5.50. The molecule has 1 saturated carbocycles. The number of aromatic hydroxyl groups is 1. The predicted octanol–water partition coefficient (Wildman–Crippen LogP) is 2.20. The number of hydrogen-bond donors (Lipinski definition) is 2. The molecule has 0 aromatic heterocycles. The molecule has 1 aliphatic heterocycles. The fourth-order valence-electron chi connectivity index (χ4n) is 5.50. The number of likely N-dealkylation sites (N-methyl/N-ethyl adjacent to an activating group) is 1. The lowest BCUT2D eigenvalue weighted by atomic mass is 9.49. The van der Waals surface area contributed by atoms with E-state index in [2.05, 4.69) is 11.9 Å². The first-order chi connectivity index (χ1) is 10.5. The number of ether oxygens (including phenoxy) is 1. The highest BCUT2D eigenvalue weighted by molar-refractivity contribution is 5.58. The van der Waals surface area contributed by atoms with Gasteiger partial charge in [0.05, 0.1) is 12.7 Å². The zero-order valence-electron chi connectivity index (χ0n) is 13.4. The van der Waals surface area contributed by atoms with Gasteiger partial charge >= 0.3 is 0 Å². The third-order valence-corrected chi connectivity index (χ3v) is 6.53. The van der Waals surface area contributed by atoms with Gasteiger partial charge in [0.15, 0.2) is 11.5 Å². The average molecular weight is 303 g/mol. The molecule has 2 aliphatic carbocycles. The standard InChI is InChI=1S/C18H25NO3/c1-19-10-9-17-7-3-4-8-18(17,21)14(19)11-12-5-6-13(20)16(22-2)15(12)17/h5-6,14,20-21H,3-4,7-11H2,1-2H3/t14-,17-,18+/m0/s1. The molecule has 4 heteroatoms. The van der Waals surface area contributed by atoms with E-state index in [1.165, 1.54) is 5.56 Å². The molecule has 22 heavy (non-hydrogen) atoms. The van der Waals surface area contributed by atoms with Crippen LogP contribution in [-0.2, 0) is 11.8 Å². The summed E-state index contributed by atoms with van der Waals surface area (Å²) in [5.74, 6) is 0.779. The van der Waals surface area contributed by atoms with Crippen molar-refractivity contribution in [3.63, 3.8) is 0 Å². The van der Waals surface area contributed by atoms with E-state index < -0.39 is 5.60 Å². The van der Waals surface area contributed by atoms with Crippen molar-refractivity contribution in [3.05, 3.63) is 23.3 Å². The lowest BCUT2D eigenvalue weighted by Crippen LogP contribution is -2.71. The summed E-state index contributed by atoms with van der Waals surface area (Å²) in [5, 5.41) is 22.0. The maximum absolute atomic E-state index is 11.7. The van der Waals surface area contributed by atoms with Crippen molar-refractivity contribution in [2.75, 3.05) is 20.7 Å². The first-order valence-corrected chi connectivity index (χ1v) is 8.35. The Morgan fingerprint density at radius 3 is 2.77 bits per heavy atom. The summed E-state index contributed by atoms with van der Waals surface area (Å²) >= 11 is 0. The first kappa shape index (κ1) is 14.3. The average Bonchev–Trinajstić information content (AvgIpc) is 2.51. The van der Waals surface area contributed by atoms with Gasteiger partial charge in [-0.25, -0.2) is 0 Å². The van der Waals surface area contributed by atoms with Crippen LogP contribution in [-0.4, -0.2) is 47.5 Å². The molecule has 0 amide bonds. The van der Waals surface area contributed by atoms with Crippen molar-refractivity contribution >= 4 is 0 Å². The molecule has 3 atom stereocenters. The van der Waals surface area contributed by atoms with Gasteiger partial charge in [-0.15, -0.1) is 0 Å². The summed E-state index contributed by atoms with van der Waals surface area (Å²) < 4.78 is 5.58. The molecule has 0 radical (unpaired) electrons. The highest BCUT2D eigenvalue weighted by atomic mass is 16.5. The smallest absolute Gasteiger partial charge is 0.164 e. The molecule has 4 nitrogen and oxygen atoms in total. The van der Waals surface area contributed by atoms with Crippen LogP contribution in [0.3, 0.4) is 0 Å². The number of likely N-dealkylation sites (tertiary alicyclic amines) is 1. The number of nitrogens with zero attached hydrogens (tertiary/aromatic N) is 1. The SMILES string of the molecule is COc1c(O)ccc2c1[C@@]13CCCC[C@@]1(O)[C@H](C2)N(C)CC3. The highest BCUT2D eigenvalue weighted by Gasteiger charge is 2.63. The largest absolute Gasteiger partial charge is 0.504 e. The number of phenolic OH excluding ortho intramolecular Hbond substituents is 1. The summed E-state index contributed by atoms with van der Waals surface area (Å²) in [7, 11) is 3.75. The second-order valence-corrected chi connectivity index (χ2v) is 7.32. The lowest BCUT2D eigenvalue weighted by Gasteiger charge is -2.63. The quantitative estimate of drug-likeness (QED) is 0.835. The van der Waals surface area contributed by atoms with E-state index in [1.807, 2.05) is 6.07 Å². The molecular formula is C18H25NO3. The Hall–Kier alpha value is -1.26. The van der Waals surface area contributed by atoms with Crippen molar-refractivity contribution in [3.8, 4) is 11.5 Å². The number of hydrogen-bond acceptors (Lipinski definition) is 4. The Kier molecular flexibility index (Phi) is 3.01. The summed E-state index contributed by atoms with van der Waals surface area (Å²) in [6, 6.07) is 3.93. The minimum Gasteiger partial charge on any atom is -0.504 e.